The van der Waals surface area contributed by atoms with Crippen LogP contribution in [0.15, 0.2) is 0 Å². The summed E-state index contributed by atoms with van der Waals surface area (Å²) in [6.45, 7) is 6.60. The quantitative estimate of drug-likeness (QED) is 0.708. The van der Waals surface area contributed by atoms with Gasteiger partial charge in [-0.25, -0.2) is 0 Å². The van der Waals surface area contributed by atoms with Crippen LogP contribution in [0.2, 0.25) is 0 Å². The van der Waals surface area contributed by atoms with Crippen molar-refractivity contribution in [2.75, 3.05) is 20.1 Å². The van der Waals surface area contributed by atoms with E-state index in [1.807, 2.05) is 0 Å². The molecule has 0 amide bonds. The van der Waals surface area contributed by atoms with Gasteiger partial charge < -0.3 is 9.64 Å². The highest BCUT2D eigenvalue weighted by Gasteiger charge is 2.22. The topological polar surface area (TPSA) is 12.5 Å². The van der Waals surface area contributed by atoms with Gasteiger partial charge in [0, 0.05) is 11.4 Å². The Labute approximate surface area is 96.1 Å². The molecule has 0 N–H and O–H groups in total. The highest BCUT2D eigenvalue weighted by Crippen LogP contribution is 2.19. The van der Waals surface area contributed by atoms with E-state index in [-0.39, 0.29) is 0 Å². The standard InChI is InChI=1S/C11H22BrNO/c1-9(12)6-7-13(3)8-11-5-4-10(2)14-11/h9-11H,4-8H2,1-3H3. The molecular weight excluding hydrogens is 242 g/mol. The Morgan fingerprint density at radius 2 is 2.21 bits per heavy atom. The molecule has 0 saturated carbocycles. The van der Waals surface area contributed by atoms with Crippen molar-refractivity contribution in [3.05, 3.63) is 0 Å². The van der Waals surface area contributed by atoms with Gasteiger partial charge in [0.05, 0.1) is 12.2 Å². The van der Waals surface area contributed by atoms with Gasteiger partial charge in [-0.05, 0) is 39.8 Å². The zero-order chi connectivity index (χ0) is 10.6. The van der Waals surface area contributed by atoms with Gasteiger partial charge >= 0.3 is 0 Å². The van der Waals surface area contributed by atoms with Gasteiger partial charge in [-0.1, -0.05) is 22.9 Å². The third kappa shape index (κ3) is 4.76. The molecule has 3 atom stereocenters. The summed E-state index contributed by atoms with van der Waals surface area (Å²) in [5.41, 5.74) is 0. The van der Waals surface area contributed by atoms with Crippen LogP contribution in [-0.2, 0) is 4.74 Å². The Kier molecular flexibility index (Phi) is 5.42. The molecule has 2 nitrogen and oxygen atoms in total. The van der Waals surface area contributed by atoms with E-state index in [1.165, 1.54) is 19.3 Å². The van der Waals surface area contributed by atoms with E-state index < -0.39 is 0 Å². The number of nitrogens with zero attached hydrogens (tertiary/aromatic N) is 1. The Balaban J connectivity index is 2.10. The van der Waals surface area contributed by atoms with Crippen molar-refractivity contribution in [1.82, 2.24) is 4.90 Å². The molecule has 1 fully saturated rings. The average Bonchev–Trinajstić information content (AvgIpc) is 2.48. The van der Waals surface area contributed by atoms with E-state index in [1.54, 1.807) is 0 Å². The number of likely N-dealkylation sites (N-methyl/N-ethyl adjacent to an activating group) is 1. The van der Waals surface area contributed by atoms with Crippen LogP contribution >= 0.6 is 15.9 Å². The maximum absolute atomic E-state index is 5.79. The molecule has 3 unspecified atom stereocenters. The molecule has 14 heavy (non-hydrogen) atoms. The SMILES string of the molecule is CC(Br)CCN(C)CC1CCC(C)O1. The molecule has 0 bridgehead atoms. The van der Waals surface area contributed by atoms with E-state index in [0.717, 1.165) is 13.1 Å². The molecule has 0 radical (unpaired) electrons. The van der Waals surface area contributed by atoms with Crippen LogP contribution in [0.1, 0.15) is 33.1 Å². The number of ether oxygens (including phenoxy) is 1. The maximum Gasteiger partial charge on any atom is 0.0706 e. The van der Waals surface area contributed by atoms with Crippen LogP contribution in [0.3, 0.4) is 0 Å². The summed E-state index contributed by atoms with van der Waals surface area (Å²) in [5.74, 6) is 0. The lowest BCUT2D eigenvalue weighted by atomic mass is 10.2. The van der Waals surface area contributed by atoms with Crippen LogP contribution in [0.5, 0.6) is 0 Å². The van der Waals surface area contributed by atoms with E-state index >= 15 is 0 Å². The first-order valence-electron chi connectivity index (χ1n) is 5.56. The zero-order valence-electron chi connectivity index (χ0n) is 9.50. The van der Waals surface area contributed by atoms with Crippen LogP contribution in [0, 0.1) is 0 Å². The zero-order valence-corrected chi connectivity index (χ0v) is 11.1. The minimum atomic E-state index is 0.473. The van der Waals surface area contributed by atoms with Crippen LogP contribution in [0.4, 0.5) is 0 Å². The van der Waals surface area contributed by atoms with Gasteiger partial charge in [-0.2, -0.15) is 0 Å². The van der Waals surface area contributed by atoms with Crippen molar-refractivity contribution >= 4 is 15.9 Å². The second kappa shape index (κ2) is 6.09. The molecule has 0 aromatic heterocycles. The molecule has 3 heteroatoms. The lowest BCUT2D eigenvalue weighted by Gasteiger charge is -2.21. The average molecular weight is 264 g/mol. The summed E-state index contributed by atoms with van der Waals surface area (Å²) in [4.78, 5) is 2.99. The van der Waals surface area contributed by atoms with Crippen LogP contribution < -0.4 is 0 Å². The normalized spacial score (nSPS) is 29.8. The first kappa shape index (κ1) is 12.5. The van der Waals surface area contributed by atoms with E-state index in [0.29, 0.717) is 17.0 Å². The monoisotopic (exact) mass is 263 g/mol. The predicted molar refractivity (Wildman–Crippen MR) is 64.1 cm³/mol. The van der Waals surface area contributed by atoms with E-state index in [2.05, 4.69) is 41.7 Å². The Morgan fingerprint density at radius 3 is 2.71 bits per heavy atom. The summed E-state index contributed by atoms with van der Waals surface area (Å²) < 4.78 is 5.79. The van der Waals surface area contributed by atoms with Crippen molar-refractivity contribution in [3.63, 3.8) is 0 Å². The molecule has 0 aromatic carbocycles. The molecule has 1 aliphatic heterocycles. The molecule has 84 valence electrons. The summed E-state index contributed by atoms with van der Waals surface area (Å²) in [5, 5.41) is 0. The van der Waals surface area contributed by atoms with Gasteiger partial charge in [0.25, 0.3) is 0 Å². The molecular formula is C11H22BrNO. The van der Waals surface area contributed by atoms with Gasteiger partial charge in [0.2, 0.25) is 0 Å². The first-order valence-corrected chi connectivity index (χ1v) is 6.47. The second-order valence-corrected chi connectivity index (χ2v) is 6.04. The van der Waals surface area contributed by atoms with Crippen molar-refractivity contribution in [1.29, 1.82) is 0 Å². The predicted octanol–water partition coefficient (Wildman–Crippen LogP) is 2.66. The summed E-state index contributed by atoms with van der Waals surface area (Å²) >= 11 is 3.57. The molecule has 1 saturated heterocycles. The maximum atomic E-state index is 5.79. The van der Waals surface area contributed by atoms with Gasteiger partial charge in [0.15, 0.2) is 0 Å². The van der Waals surface area contributed by atoms with Crippen LogP contribution in [0.25, 0.3) is 0 Å². The molecule has 1 aliphatic rings. The van der Waals surface area contributed by atoms with Crippen molar-refractivity contribution in [3.8, 4) is 0 Å². The molecule has 1 rings (SSSR count). The number of rotatable bonds is 5. The highest BCUT2D eigenvalue weighted by atomic mass is 79.9. The Hall–Kier alpha value is 0.400. The molecule has 0 aromatic rings. The number of hydrogen-bond acceptors (Lipinski definition) is 2. The fourth-order valence-electron chi connectivity index (χ4n) is 1.86. The number of alkyl halides is 1. The summed E-state index contributed by atoms with van der Waals surface area (Å²) in [7, 11) is 2.18. The van der Waals surface area contributed by atoms with Gasteiger partial charge in [-0.15, -0.1) is 0 Å². The minimum Gasteiger partial charge on any atom is -0.374 e. The fourth-order valence-corrected chi connectivity index (χ4v) is 2.06. The molecule has 0 aliphatic carbocycles. The first-order chi connectivity index (χ1) is 6.58. The fraction of sp³-hybridized carbons (Fsp3) is 1.00. The van der Waals surface area contributed by atoms with Crippen molar-refractivity contribution in [2.45, 2.75) is 50.1 Å². The lowest BCUT2D eigenvalue weighted by Crippen LogP contribution is -2.30. The third-order valence-corrected chi connectivity index (χ3v) is 3.20. The minimum absolute atomic E-state index is 0.473. The Bertz CT molecular complexity index is 163. The molecule has 0 spiro atoms. The smallest absolute Gasteiger partial charge is 0.0706 e. The van der Waals surface area contributed by atoms with Crippen molar-refractivity contribution < 1.29 is 4.74 Å². The van der Waals surface area contributed by atoms with Crippen LogP contribution in [-0.4, -0.2) is 42.1 Å². The Morgan fingerprint density at radius 1 is 1.50 bits per heavy atom. The number of hydrogen-bond donors (Lipinski definition) is 0. The van der Waals surface area contributed by atoms with E-state index in [9.17, 15) is 0 Å². The second-order valence-electron chi connectivity index (χ2n) is 4.48. The highest BCUT2D eigenvalue weighted by molar-refractivity contribution is 9.09. The third-order valence-electron chi connectivity index (χ3n) is 2.74. The van der Waals surface area contributed by atoms with Gasteiger partial charge in [0.1, 0.15) is 0 Å². The van der Waals surface area contributed by atoms with Gasteiger partial charge in [-0.3, -0.25) is 0 Å². The van der Waals surface area contributed by atoms with E-state index in [4.69, 9.17) is 4.74 Å². The summed E-state index contributed by atoms with van der Waals surface area (Å²) in [6, 6.07) is 0. The molecule has 1 heterocycles. The number of halogens is 1. The van der Waals surface area contributed by atoms with Crippen molar-refractivity contribution in [2.24, 2.45) is 0 Å². The summed E-state index contributed by atoms with van der Waals surface area (Å²) in [6.07, 6.45) is 4.62. The lowest BCUT2D eigenvalue weighted by molar-refractivity contribution is 0.0364. The largest absolute Gasteiger partial charge is 0.374 e.